The Morgan fingerprint density at radius 2 is 2.05 bits per heavy atom. The molecule has 0 saturated heterocycles. The van der Waals surface area contributed by atoms with E-state index in [0.717, 1.165) is 5.57 Å². The predicted octanol–water partition coefficient (Wildman–Crippen LogP) is 2.77. The first-order valence-electron chi connectivity index (χ1n) is 6.19. The second-order valence-electron chi connectivity index (χ2n) is 4.75. The monoisotopic (exact) mass is 291 g/mol. The number of carboxylic acids is 1. The number of carbonyl (C=O) groups excluding carboxylic acids is 1. The van der Waals surface area contributed by atoms with Crippen LogP contribution in [0.15, 0.2) is 23.4 Å². The van der Waals surface area contributed by atoms with Crippen molar-refractivity contribution in [2.75, 3.05) is 0 Å². The Morgan fingerprint density at radius 1 is 1.40 bits per heavy atom. The zero-order valence-corrected chi connectivity index (χ0v) is 11.0. The summed E-state index contributed by atoms with van der Waals surface area (Å²) in [6.45, 7) is 1.71. The number of hydrogen-bond acceptors (Lipinski definition) is 2. The lowest BCUT2D eigenvalue weighted by atomic mass is 9.90. The summed E-state index contributed by atoms with van der Waals surface area (Å²) in [6, 6.07) is 0. The zero-order chi connectivity index (χ0) is 15.3. The van der Waals surface area contributed by atoms with Gasteiger partial charge in [-0.3, -0.25) is 9.59 Å². The predicted molar refractivity (Wildman–Crippen MR) is 65.6 cm³/mol. The van der Waals surface area contributed by atoms with E-state index >= 15 is 0 Å². The van der Waals surface area contributed by atoms with Crippen LogP contribution in [0.3, 0.4) is 0 Å². The molecule has 0 aromatic rings. The van der Waals surface area contributed by atoms with Gasteiger partial charge >= 0.3 is 18.1 Å². The van der Waals surface area contributed by atoms with E-state index in [1.54, 1.807) is 13.0 Å². The van der Waals surface area contributed by atoms with Crippen molar-refractivity contribution in [1.82, 2.24) is 5.32 Å². The maximum Gasteiger partial charge on any atom is 0.471 e. The second kappa shape index (κ2) is 6.58. The fourth-order valence-corrected chi connectivity index (χ4v) is 1.96. The molecule has 1 unspecified atom stereocenters. The number of carboxylic acid groups (broad SMARTS) is 1. The number of halogens is 3. The minimum Gasteiger partial charge on any atom is -0.481 e. The van der Waals surface area contributed by atoms with Gasteiger partial charge in [-0.05, 0) is 31.3 Å². The van der Waals surface area contributed by atoms with Gasteiger partial charge in [0.05, 0.1) is 0 Å². The number of carbonyl (C=O) groups is 2. The van der Waals surface area contributed by atoms with Crippen LogP contribution in [0.4, 0.5) is 13.2 Å². The van der Waals surface area contributed by atoms with E-state index in [0.29, 0.717) is 19.3 Å². The molecule has 1 aliphatic rings. The lowest BCUT2D eigenvalue weighted by molar-refractivity contribution is -0.172. The van der Waals surface area contributed by atoms with Gasteiger partial charge in [-0.2, -0.15) is 13.2 Å². The van der Waals surface area contributed by atoms with Gasteiger partial charge < -0.3 is 10.4 Å². The molecule has 0 spiro atoms. The molecule has 0 aliphatic heterocycles. The highest BCUT2D eigenvalue weighted by atomic mass is 19.4. The summed E-state index contributed by atoms with van der Waals surface area (Å²) in [7, 11) is 0. The van der Waals surface area contributed by atoms with Gasteiger partial charge in [-0.1, -0.05) is 18.6 Å². The van der Waals surface area contributed by atoms with Gasteiger partial charge in [-0.15, -0.1) is 0 Å². The number of alkyl halides is 3. The third kappa shape index (κ3) is 5.07. The first-order chi connectivity index (χ1) is 9.20. The molecule has 1 amide bonds. The summed E-state index contributed by atoms with van der Waals surface area (Å²) < 4.78 is 36.4. The molecular formula is C13H16F3NO3. The summed E-state index contributed by atoms with van der Waals surface area (Å²) in [4.78, 5) is 21.2. The normalized spacial score (nSPS) is 19.1. The third-order valence-electron chi connectivity index (χ3n) is 3.00. The fraction of sp³-hybridized carbons (Fsp3) is 0.538. The molecule has 0 saturated carbocycles. The third-order valence-corrected chi connectivity index (χ3v) is 3.00. The lowest BCUT2D eigenvalue weighted by Gasteiger charge is -2.22. The second-order valence-corrected chi connectivity index (χ2v) is 4.75. The van der Waals surface area contributed by atoms with Crippen molar-refractivity contribution >= 4 is 11.9 Å². The summed E-state index contributed by atoms with van der Waals surface area (Å²) in [5.74, 6) is -3.08. The van der Waals surface area contributed by atoms with Gasteiger partial charge in [0.1, 0.15) is 0 Å². The van der Waals surface area contributed by atoms with Crippen molar-refractivity contribution in [3.8, 4) is 0 Å². The lowest BCUT2D eigenvalue weighted by Crippen LogP contribution is -2.38. The standard InChI is InChI=1S/C13H16F3NO3/c1-8-7-9(3-2-4-11(18)19)5-6-10(8)17-12(20)13(14,15)16/h5-6,8H,2-4,7H2,1H3,(H,17,20)(H,18,19). The van der Waals surface area contributed by atoms with Crippen LogP contribution in [0.25, 0.3) is 0 Å². The van der Waals surface area contributed by atoms with Gasteiger partial charge in [-0.25, -0.2) is 0 Å². The van der Waals surface area contributed by atoms with Crippen LogP contribution in [-0.2, 0) is 9.59 Å². The Morgan fingerprint density at radius 3 is 2.55 bits per heavy atom. The number of allylic oxidation sites excluding steroid dienone is 4. The number of rotatable bonds is 5. The number of hydrogen-bond donors (Lipinski definition) is 2. The average Bonchev–Trinajstić information content (AvgIpc) is 2.30. The number of amides is 1. The first kappa shape index (κ1) is 16.3. The molecule has 0 radical (unpaired) electrons. The SMILES string of the molecule is CC1CC(CCCC(=O)O)=CC=C1NC(=O)C(F)(F)F. The molecule has 2 N–H and O–H groups in total. The van der Waals surface area contributed by atoms with E-state index in [9.17, 15) is 22.8 Å². The average molecular weight is 291 g/mol. The molecule has 0 aromatic heterocycles. The molecule has 0 bridgehead atoms. The molecule has 0 aromatic carbocycles. The van der Waals surface area contributed by atoms with Crippen LogP contribution in [-0.4, -0.2) is 23.2 Å². The summed E-state index contributed by atoms with van der Waals surface area (Å²) in [6.07, 6.45) is -0.135. The zero-order valence-electron chi connectivity index (χ0n) is 11.0. The highest BCUT2D eigenvalue weighted by molar-refractivity contribution is 5.83. The Bertz CT molecular complexity index is 452. The highest BCUT2D eigenvalue weighted by Crippen LogP contribution is 2.27. The molecule has 0 heterocycles. The van der Waals surface area contributed by atoms with E-state index in [-0.39, 0.29) is 18.0 Å². The van der Waals surface area contributed by atoms with Crippen molar-refractivity contribution in [3.63, 3.8) is 0 Å². The Hall–Kier alpha value is -1.79. The largest absolute Gasteiger partial charge is 0.481 e. The molecule has 0 fully saturated rings. The molecule has 20 heavy (non-hydrogen) atoms. The summed E-state index contributed by atoms with van der Waals surface area (Å²) in [5.41, 5.74) is 1.21. The van der Waals surface area contributed by atoms with Gasteiger partial charge in [0.15, 0.2) is 0 Å². The topological polar surface area (TPSA) is 66.4 Å². The van der Waals surface area contributed by atoms with E-state index in [1.807, 2.05) is 5.32 Å². The maximum atomic E-state index is 12.1. The van der Waals surface area contributed by atoms with Crippen LogP contribution in [0.2, 0.25) is 0 Å². The molecule has 1 atom stereocenters. The van der Waals surface area contributed by atoms with Crippen molar-refractivity contribution in [2.24, 2.45) is 5.92 Å². The van der Waals surface area contributed by atoms with Crippen molar-refractivity contribution in [3.05, 3.63) is 23.4 Å². The van der Waals surface area contributed by atoms with Gasteiger partial charge in [0, 0.05) is 12.1 Å². The fourth-order valence-electron chi connectivity index (χ4n) is 1.96. The van der Waals surface area contributed by atoms with Crippen LogP contribution in [0.1, 0.15) is 32.6 Å². The van der Waals surface area contributed by atoms with E-state index in [1.165, 1.54) is 6.08 Å². The number of aliphatic carboxylic acids is 1. The van der Waals surface area contributed by atoms with Gasteiger partial charge in [0.2, 0.25) is 0 Å². The molecule has 7 heteroatoms. The quantitative estimate of drug-likeness (QED) is 0.818. The molecule has 4 nitrogen and oxygen atoms in total. The summed E-state index contributed by atoms with van der Waals surface area (Å²) in [5, 5.41) is 10.4. The molecule has 1 rings (SSSR count). The Kier molecular flexibility index (Phi) is 5.35. The minimum atomic E-state index is -4.90. The van der Waals surface area contributed by atoms with Crippen LogP contribution in [0.5, 0.6) is 0 Å². The van der Waals surface area contributed by atoms with E-state index < -0.39 is 18.1 Å². The van der Waals surface area contributed by atoms with Crippen molar-refractivity contribution in [1.29, 1.82) is 0 Å². The van der Waals surface area contributed by atoms with Crippen molar-refractivity contribution < 1.29 is 27.9 Å². The maximum absolute atomic E-state index is 12.1. The minimum absolute atomic E-state index is 0.0626. The number of nitrogens with one attached hydrogen (secondary N) is 1. The van der Waals surface area contributed by atoms with Crippen LogP contribution < -0.4 is 5.32 Å². The van der Waals surface area contributed by atoms with Gasteiger partial charge in [0.25, 0.3) is 0 Å². The van der Waals surface area contributed by atoms with Crippen LogP contribution >= 0.6 is 0 Å². The Balaban J connectivity index is 2.58. The summed E-state index contributed by atoms with van der Waals surface area (Å²) >= 11 is 0. The van der Waals surface area contributed by atoms with E-state index in [2.05, 4.69) is 0 Å². The smallest absolute Gasteiger partial charge is 0.471 e. The van der Waals surface area contributed by atoms with Crippen LogP contribution in [0, 0.1) is 5.92 Å². The highest BCUT2D eigenvalue weighted by Gasteiger charge is 2.39. The molecular weight excluding hydrogens is 275 g/mol. The first-order valence-corrected chi connectivity index (χ1v) is 6.19. The Labute approximate surface area is 114 Å². The van der Waals surface area contributed by atoms with Crippen molar-refractivity contribution in [2.45, 2.75) is 38.8 Å². The molecule has 112 valence electrons. The molecule has 1 aliphatic carbocycles. The van der Waals surface area contributed by atoms with E-state index in [4.69, 9.17) is 5.11 Å².